The van der Waals surface area contributed by atoms with E-state index < -0.39 is 5.54 Å². The van der Waals surface area contributed by atoms with Gasteiger partial charge in [0.2, 0.25) is 5.91 Å². The van der Waals surface area contributed by atoms with Crippen molar-refractivity contribution in [2.75, 3.05) is 13.2 Å². The van der Waals surface area contributed by atoms with Crippen molar-refractivity contribution in [3.8, 4) is 0 Å². The average Bonchev–Trinajstić information content (AvgIpc) is 2.79. The summed E-state index contributed by atoms with van der Waals surface area (Å²) in [4.78, 5) is 11.5. The van der Waals surface area contributed by atoms with Gasteiger partial charge in [0.1, 0.15) is 5.76 Å². The second-order valence-electron chi connectivity index (χ2n) is 4.00. The van der Waals surface area contributed by atoms with Crippen LogP contribution in [0.1, 0.15) is 19.1 Å². The van der Waals surface area contributed by atoms with E-state index in [1.54, 1.807) is 25.3 Å². The Morgan fingerprint density at radius 1 is 1.50 bits per heavy atom. The van der Waals surface area contributed by atoms with Crippen LogP contribution in [0.5, 0.6) is 0 Å². The van der Waals surface area contributed by atoms with Crippen molar-refractivity contribution in [1.82, 2.24) is 5.32 Å². The monoisotopic (exact) mass is 227 g/mol. The maximum absolute atomic E-state index is 11.5. The molecule has 0 aliphatic carbocycles. The first kappa shape index (κ1) is 12.7. The molecule has 0 atom stereocenters. The van der Waals surface area contributed by atoms with Gasteiger partial charge >= 0.3 is 0 Å². The van der Waals surface area contributed by atoms with Gasteiger partial charge in [-0.3, -0.25) is 4.79 Å². The predicted molar refractivity (Wildman–Crippen MR) is 57.7 cm³/mol. The topological polar surface area (TPSA) is 82.7 Å². The smallest absolute Gasteiger partial charge is 0.221 e. The summed E-state index contributed by atoms with van der Waals surface area (Å²) in [6, 6.07) is 3.56. The van der Waals surface area contributed by atoms with Crippen molar-refractivity contribution in [3.63, 3.8) is 0 Å². The molecule has 1 rings (SSSR count). The molecule has 1 aromatic rings. The maximum Gasteiger partial charge on any atom is 0.221 e. The molecule has 0 saturated heterocycles. The van der Waals surface area contributed by atoms with Crippen molar-refractivity contribution in [2.24, 2.45) is 0 Å². The minimum atomic E-state index is -0.958. The SMILES string of the molecule is CC(CO)(CO)NC(=O)CCc1ccco1. The standard InChI is InChI=1S/C11H17NO4/c1-11(7-13,8-14)12-10(15)5-4-9-3-2-6-16-9/h2-3,6,13-14H,4-5,7-8H2,1H3,(H,12,15). The van der Waals surface area contributed by atoms with Gasteiger partial charge in [-0.05, 0) is 19.1 Å². The zero-order valence-corrected chi connectivity index (χ0v) is 9.27. The molecule has 0 aromatic carbocycles. The van der Waals surface area contributed by atoms with Crippen LogP contribution in [-0.2, 0) is 11.2 Å². The second-order valence-corrected chi connectivity index (χ2v) is 4.00. The number of aryl methyl sites for hydroxylation is 1. The molecule has 0 fully saturated rings. The number of nitrogens with one attached hydrogen (secondary N) is 1. The molecule has 0 unspecified atom stereocenters. The number of furan rings is 1. The maximum atomic E-state index is 11.5. The van der Waals surface area contributed by atoms with Crippen LogP contribution in [0.3, 0.4) is 0 Å². The van der Waals surface area contributed by atoms with E-state index in [0.717, 1.165) is 5.76 Å². The highest BCUT2D eigenvalue weighted by Gasteiger charge is 2.24. The van der Waals surface area contributed by atoms with Gasteiger partial charge in [-0.15, -0.1) is 0 Å². The summed E-state index contributed by atoms with van der Waals surface area (Å²) in [5.41, 5.74) is -0.958. The second kappa shape index (κ2) is 5.67. The largest absolute Gasteiger partial charge is 0.469 e. The lowest BCUT2D eigenvalue weighted by atomic mass is 10.1. The molecule has 0 aliphatic heterocycles. The molecule has 5 nitrogen and oxygen atoms in total. The third-order valence-electron chi connectivity index (χ3n) is 2.32. The first-order chi connectivity index (χ1) is 7.59. The van der Waals surface area contributed by atoms with Crippen LogP contribution in [0.4, 0.5) is 0 Å². The lowest BCUT2D eigenvalue weighted by molar-refractivity contribution is -0.124. The van der Waals surface area contributed by atoms with Gasteiger partial charge in [-0.2, -0.15) is 0 Å². The van der Waals surface area contributed by atoms with E-state index >= 15 is 0 Å². The Labute approximate surface area is 94.1 Å². The van der Waals surface area contributed by atoms with Crippen LogP contribution in [-0.4, -0.2) is 34.9 Å². The molecular weight excluding hydrogens is 210 g/mol. The third kappa shape index (κ3) is 3.67. The summed E-state index contributed by atoms with van der Waals surface area (Å²) >= 11 is 0. The van der Waals surface area contributed by atoms with E-state index in [-0.39, 0.29) is 25.5 Å². The molecule has 1 amide bonds. The number of hydrogen-bond acceptors (Lipinski definition) is 4. The zero-order valence-electron chi connectivity index (χ0n) is 9.27. The number of amides is 1. The fraction of sp³-hybridized carbons (Fsp3) is 0.545. The molecule has 1 heterocycles. The van der Waals surface area contributed by atoms with Gasteiger partial charge in [-0.25, -0.2) is 0 Å². The fourth-order valence-electron chi connectivity index (χ4n) is 1.22. The molecule has 0 aliphatic rings. The summed E-state index contributed by atoms with van der Waals surface area (Å²) in [7, 11) is 0. The highest BCUT2D eigenvalue weighted by Crippen LogP contribution is 2.05. The van der Waals surface area contributed by atoms with Crippen molar-refractivity contribution in [1.29, 1.82) is 0 Å². The van der Waals surface area contributed by atoms with Gasteiger partial charge in [0.25, 0.3) is 0 Å². The van der Waals surface area contributed by atoms with Gasteiger partial charge in [-0.1, -0.05) is 0 Å². The van der Waals surface area contributed by atoms with Crippen LogP contribution < -0.4 is 5.32 Å². The Kier molecular flexibility index (Phi) is 4.52. The Balaban J connectivity index is 2.36. The van der Waals surface area contributed by atoms with Crippen LogP contribution >= 0.6 is 0 Å². The van der Waals surface area contributed by atoms with Crippen molar-refractivity contribution in [3.05, 3.63) is 24.2 Å². The molecule has 1 aromatic heterocycles. The number of carbonyl (C=O) groups is 1. The van der Waals surface area contributed by atoms with Crippen molar-refractivity contribution < 1.29 is 19.4 Å². The number of rotatable bonds is 6. The highest BCUT2D eigenvalue weighted by atomic mass is 16.3. The predicted octanol–water partition coefficient (Wildman–Crippen LogP) is 0.0717. The van der Waals surface area contributed by atoms with Crippen LogP contribution in [0.2, 0.25) is 0 Å². The Hall–Kier alpha value is -1.33. The molecular formula is C11H17NO4. The van der Waals surface area contributed by atoms with E-state index in [9.17, 15) is 4.79 Å². The van der Waals surface area contributed by atoms with Crippen LogP contribution in [0, 0.1) is 0 Å². The number of aliphatic hydroxyl groups is 2. The van der Waals surface area contributed by atoms with Gasteiger partial charge in [0.15, 0.2) is 0 Å². The molecule has 3 N–H and O–H groups in total. The zero-order chi connectivity index (χ0) is 12.0. The summed E-state index contributed by atoms with van der Waals surface area (Å²) in [6.07, 6.45) is 2.33. The van der Waals surface area contributed by atoms with Crippen LogP contribution in [0.25, 0.3) is 0 Å². The molecule has 0 spiro atoms. The summed E-state index contributed by atoms with van der Waals surface area (Å²) in [5.74, 6) is 0.520. The van der Waals surface area contributed by atoms with E-state index in [1.165, 1.54) is 0 Å². The van der Waals surface area contributed by atoms with E-state index in [4.69, 9.17) is 14.6 Å². The van der Waals surface area contributed by atoms with Gasteiger partial charge < -0.3 is 19.9 Å². The lowest BCUT2D eigenvalue weighted by Gasteiger charge is -2.26. The number of carbonyl (C=O) groups excluding carboxylic acids is 1. The minimum Gasteiger partial charge on any atom is -0.469 e. The lowest BCUT2D eigenvalue weighted by Crippen LogP contribution is -2.51. The van der Waals surface area contributed by atoms with Crippen LogP contribution in [0.15, 0.2) is 22.8 Å². The molecule has 0 radical (unpaired) electrons. The Morgan fingerprint density at radius 3 is 2.69 bits per heavy atom. The number of hydrogen-bond donors (Lipinski definition) is 3. The van der Waals surface area contributed by atoms with Gasteiger partial charge in [0, 0.05) is 12.8 Å². The van der Waals surface area contributed by atoms with E-state index in [1.807, 2.05) is 0 Å². The fourth-order valence-corrected chi connectivity index (χ4v) is 1.22. The first-order valence-corrected chi connectivity index (χ1v) is 5.15. The Bertz CT molecular complexity index is 317. The minimum absolute atomic E-state index is 0.220. The first-order valence-electron chi connectivity index (χ1n) is 5.15. The molecule has 16 heavy (non-hydrogen) atoms. The molecule has 0 bridgehead atoms. The van der Waals surface area contributed by atoms with E-state index in [0.29, 0.717) is 6.42 Å². The van der Waals surface area contributed by atoms with Gasteiger partial charge in [0.05, 0.1) is 25.0 Å². The van der Waals surface area contributed by atoms with Crippen molar-refractivity contribution in [2.45, 2.75) is 25.3 Å². The Morgan fingerprint density at radius 2 is 2.19 bits per heavy atom. The molecule has 90 valence electrons. The molecule has 0 saturated carbocycles. The summed E-state index contributed by atoms with van der Waals surface area (Å²) in [6.45, 7) is 0.990. The summed E-state index contributed by atoms with van der Waals surface area (Å²) in [5, 5.41) is 20.6. The normalized spacial score (nSPS) is 11.4. The number of aliphatic hydroxyl groups excluding tert-OH is 2. The molecule has 5 heteroatoms. The third-order valence-corrected chi connectivity index (χ3v) is 2.32. The quantitative estimate of drug-likeness (QED) is 0.642. The van der Waals surface area contributed by atoms with Crippen molar-refractivity contribution >= 4 is 5.91 Å². The van der Waals surface area contributed by atoms with E-state index in [2.05, 4.69) is 5.32 Å². The average molecular weight is 227 g/mol. The summed E-state index contributed by atoms with van der Waals surface area (Å²) < 4.78 is 5.09. The highest BCUT2D eigenvalue weighted by molar-refractivity contribution is 5.77.